The number of allylic oxidation sites excluding steroid dienone is 1. The molecule has 0 saturated carbocycles. The lowest BCUT2D eigenvalue weighted by molar-refractivity contribution is -0.150. The summed E-state index contributed by atoms with van der Waals surface area (Å²) in [6.07, 6.45) is 5.57. The number of hydrogen-bond donors (Lipinski definition) is 0. The van der Waals surface area contributed by atoms with Crippen molar-refractivity contribution in [1.29, 1.82) is 0 Å². The molecule has 0 unspecified atom stereocenters. The SMILES string of the molecule is CC/C=C\CCOC(=O)CCC(=O)OCC(Cl)Cl. The van der Waals surface area contributed by atoms with Crippen molar-refractivity contribution in [3.63, 3.8) is 0 Å². The minimum Gasteiger partial charge on any atom is -0.465 e. The summed E-state index contributed by atoms with van der Waals surface area (Å²) in [5.41, 5.74) is 0. The van der Waals surface area contributed by atoms with Gasteiger partial charge in [0.15, 0.2) is 0 Å². The minimum atomic E-state index is -0.744. The van der Waals surface area contributed by atoms with Crippen molar-refractivity contribution in [1.82, 2.24) is 0 Å². The number of hydrogen-bond acceptors (Lipinski definition) is 4. The molecule has 0 heterocycles. The third-order valence-corrected chi connectivity index (χ3v) is 2.11. The van der Waals surface area contributed by atoms with E-state index < -0.39 is 16.8 Å². The van der Waals surface area contributed by atoms with Gasteiger partial charge in [-0.05, 0) is 12.8 Å². The van der Waals surface area contributed by atoms with Crippen LogP contribution in [0.2, 0.25) is 0 Å². The predicted octanol–water partition coefficient (Wildman–Crippen LogP) is 3.01. The molecule has 0 aromatic heterocycles. The zero-order valence-corrected chi connectivity index (χ0v) is 11.9. The fourth-order valence-electron chi connectivity index (χ4n) is 1.03. The predicted molar refractivity (Wildman–Crippen MR) is 70.7 cm³/mol. The Morgan fingerprint density at radius 3 is 2.28 bits per heavy atom. The van der Waals surface area contributed by atoms with Crippen molar-refractivity contribution >= 4 is 35.1 Å². The maximum Gasteiger partial charge on any atom is 0.306 e. The van der Waals surface area contributed by atoms with Gasteiger partial charge in [-0.3, -0.25) is 9.59 Å². The molecule has 104 valence electrons. The Morgan fingerprint density at radius 1 is 1.11 bits per heavy atom. The van der Waals surface area contributed by atoms with Gasteiger partial charge in [-0.15, -0.1) is 23.2 Å². The molecule has 0 aliphatic heterocycles. The molecule has 0 aliphatic carbocycles. The fraction of sp³-hybridized carbons (Fsp3) is 0.667. The van der Waals surface area contributed by atoms with Gasteiger partial charge in [0, 0.05) is 0 Å². The van der Waals surface area contributed by atoms with E-state index in [1.165, 1.54) is 0 Å². The maximum absolute atomic E-state index is 11.2. The van der Waals surface area contributed by atoms with E-state index >= 15 is 0 Å². The van der Waals surface area contributed by atoms with Gasteiger partial charge in [-0.2, -0.15) is 0 Å². The first kappa shape index (κ1) is 17.3. The van der Waals surface area contributed by atoms with Crippen LogP contribution in [0.1, 0.15) is 32.6 Å². The Hall–Kier alpha value is -0.740. The molecule has 0 saturated heterocycles. The number of rotatable bonds is 9. The van der Waals surface area contributed by atoms with Crippen LogP contribution in [0.25, 0.3) is 0 Å². The number of halogens is 2. The molecule has 6 heteroatoms. The van der Waals surface area contributed by atoms with Gasteiger partial charge in [-0.1, -0.05) is 19.1 Å². The summed E-state index contributed by atoms with van der Waals surface area (Å²) in [4.78, 5) is 21.6. The van der Waals surface area contributed by atoms with E-state index in [1.807, 2.05) is 19.1 Å². The molecule has 4 nitrogen and oxygen atoms in total. The zero-order valence-electron chi connectivity index (χ0n) is 10.4. The van der Waals surface area contributed by atoms with Gasteiger partial charge in [0.25, 0.3) is 0 Å². The second-order valence-electron chi connectivity index (χ2n) is 3.46. The molecule has 0 rings (SSSR count). The molecule has 0 atom stereocenters. The van der Waals surface area contributed by atoms with Gasteiger partial charge in [0.1, 0.15) is 11.4 Å². The highest BCUT2D eigenvalue weighted by Gasteiger charge is 2.10. The second kappa shape index (κ2) is 11.4. The average Bonchev–Trinajstić information content (AvgIpc) is 2.33. The Kier molecular flexibility index (Phi) is 10.9. The smallest absolute Gasteiger partial charge is 0.306 e. The van der Waals surface area contributed by atoms with Crippen molar-refractivity contribution in [2.45, 2.75) is 37.4 Å². The lowest BCUT2D eigenvalue weighted by Crippen LogP contribution is -2.13. The van der Waals surface area contributed by atoms with Crippen LogP contribution in [0, 0.1) is 0 Å². The van der Waals surface area contributed by atoms with Crippen molar-refractivity contribution in [3.05, 3.63) is 12.2 Å². The van der Waals surface area contributed by atoms with E-state index in [-0.39, 0.29) is 19.4 Å². The molecular formula is C12H18Cl2O4. The Morgan fingerprint density at radius 2 is 1.72 bits per heavy atom. The normalized spacial score (nSPS) is 10.9. The lowest BCUT2D eigenvalue weighted by Gasteiger charge is -2.05. The first-order valence-corrected chi connectivity index (χ1v) is 6.68. The van der Waals surface area contributed by atoms with Crippen molar-refractivity contribution in [2.24, 2.45) is 0 Å². The summed E-state index contributed by atoms with van der Waals surface area (Å²) in [6.45, 7) is 2.29. The summed E-state index contributed by atoms with van der Waals surface area (Å²) >= 11 is 10.8. The topological polar surface area (TPSA) is 52.6 Å². The van der Waals surface area contributed by atoms with Crippen LogP contribution < -0.4 is 0 Å². The maximum atomic E-state index is 11.2. The fourth-order valence-corrected chi connectivity index (χ4v) is 1.16. The highest BCUT2D eigenvalue weighted by molar-refractivity contribution is 6.44. The Balaban J connectivity index is 3.52. The molecule has 0 spiro atoms. The molecule has 18 heavy (non-hydrogen) atoms. The molecule has 0 amide bonds. The first-order valence-electron chi connectivity index (χ1n) is 5.80. The number of carbonyl (C=O) groups is 2. The summed E-state index contributed by atoms with van der Waals surface area (Å²) in [5.74, 6) is -0.922. The molecule has 0 aromatic rings. The van der Waals surface area contributed by atoms with Gasteiger partial charge in [0.2, 0.25) is 0 Å². The van der Waals surface area contributed by atoms with Crippen LogP contribution in [-0.4, -0.2) is 30.0 Å². The molecule has 0 fully saturated rings. The van der Waals surface area contributed by atoms with E-state index in [1.54, 1.807) is 0 Å². The highest BCUT2D eigenvalue weighted by Crippen LogP contribution is 2.03. The quantitative estimate of drug-likeness (QED) is 0.284. The summed E-state index contributed by atoms with van der Waals surface area (Å²) in [6, 6.07) is 0. The van der Waals surface area contributed by atoms with Crippen LogP contribution in [0.5, 0.6) is 0 Å². The number of ether oxygens (including phenoxy) is 2. The zero-order chi connectivity index (χ0) is 13.8. The lowest BCUT2D eigenvalue weighted by atomic mass is 10.3. The standard InChI is InChI=1S/C12H18Cl2O4/c1-2-3-4-5-8-17-11(15)6-7-12(16)18-9-10(13)14/h3-4,10H,2,5-9H2,1H3/b4-3-. The average molecular weight is 297 g/mol. The van der Waals surface area contributed by atoms with Crippen LogP contribution in [-0.2, 0) is 19.1 Å². The Bertz CT molecular complexity index is 277. The Labute approximate surface area is 117 Å². The molecule has 0 bridgehead atoms. The van der Waals surface area contributed by atoms with Crippen LogP contribution in [0.3, 0.4) is 0 Å². The number of carbonyl (C=O) groups excluding carboxylic acids is 2. The molecule has 0 aromatic carbocycles. The van der Waals surface area contributed by atoms with Gasteiger partial charge in [-0.25, -0.2) is 0 Å². The van der Waals surface area contributed by atoms with Gasteiger partial charge < -0.3 is 9.47 Å². The second-order valence-corrected chi connectivity index (χ2v) is 4.74. The highest BCUT2D eigenvalue weighted by atomic mass is 35.5. The molecule has 0 aliphatic rings. The van der Waals surface area contributed by atoms with Crippen LogP contribution in [0.4, 0.5) is 0 Å². The molecule has 0 radical (unpaired) electrons. The summed E-state index contributed by atoms with van der Waals surface area (Å²) in [5, 5.41) is 0. The van der Waals surface area contributed by atoms with Crippen molar-refractivity contribution in [3.8, 4) is 0 Å². The first-order chi connectivity index (χ1) is 8.56. The van der Waals surface area contributed by atoms with E-state index in [0.29, 0.717) is 13.0 Å². The van der Waals surface area contributed by atoms with Gasteiger partial charge in [0.05, 0.1) is 19.4 Å². The van der Waals surface area contributed by atoms with Crippen molar-refractivity contribution < 1.29 is 19.1 Å². The van der Waals surface area contributed by atoms with Crippen LogP contribution >= 0.6 is 23.2 Å². The van der Waals surface area contributed by atoms with Crippen LogP contribution in [0.15, 0.2) is 12.2 Å². The third kappa shape index (κ3) is 11.7. The van der Waals surface area contributed by atoms with Crippen molar-refractivity contribution in [2.75, 3.05) is 13.2 Å². The van der Waals surface area contributed by atoms with E-state index in [4.69, 9.17) is 27.9 Å². The van der Waals surface area contributed by atoms with E-state index in [9.17, 15) is 9.59 Å². The van der Waals surface area contributed by atoms with Gasteiger partial charge >= 0.3 is 11.9 Å². The third-order valence-electron chi connectivity index (χ3n) is 1.85. The molecule has 0 N–H and O–H groups in total. The number of alkyl halides is 2. The summed E-state index contributed by atoms with van der Waals surface area (Å²) in [7, 11) is 0. The van der Waals surface area contributed by atoms with E-state index in [2.05, 4.69) is 4.74 Å². The minimum absolute atomic E-state index is 0.00552. The summed E-state index contributed by atoms with van der Waals surface area (Å²) < 4.78 is 9.60. The monoisotopic (exact) mass is 296 g/mol. The van der Waals surface area contributed by atoms with E-state index in [0.717, 1.165) is 6.42 Å². The largest absolute Gasteiger partial charge is 0.465 e. The number of esters is 2. The molecular weight excluding hydrogens is 279 g/mol.